The van der Waals surface area contributed by atoms with Gasteiger partial charge in [-0.3, -0.25) is 4.79 Å². The first kappa shape index (κ1) is 21.7. The average Bonchev–Trinajstić information content (AvgIpc) is 2.90. The second-order valence-electron chi connectivity index (χ2n) is 8.80. The number of hydrogen-bond donors (Lipinski definition) is 1. The highest BCUT2D eigenvalue weighted by Crippen LogP contribution is 2.54. The zero-order valence-electron chi connectivity index (χ0n) is 19.1. The van der Waals surface area contributed by atoms with Crippen LogP contribution < -0.4 is 0 Å². The van der Waals surface area contributed by atoms with Gasteiger partial charge < -0.3 is 5.11 Å². The fourth-order valence-electron chi connectivity index (χ4n) is 5.57. The fourth-order valence-corrected chi connectivity index (χ4v) is 5.57. The van der Waals surface area contributed by atoms with Crippen LogP contribution in [0.15, 0.2) is 133 Å². The molecule has 5 aromatic rings. The largest absolute Gasteiger partial charge is 0.481 e. The van der Waals surface area contributed by atoms with Crippen molar-refractivity contribution < 1.29 is 9.90 Å². The number of benzene rings is 5. The molecule has 0 aliphatic carbocycles. The van der Waals surface area contributed by atoms with Crippen LogP contribution >= 0.6 is 0 Å². The number of carboxylic acid groups (broad SMARTS) is 1. The Morgan fingerprint density at radius 3 is 1.44 bits per heavy atom. The maximum absolute atomic E-state index is 13.6. The van der Waals surface area contributed by atoms with E-state index in [-0.39, 0.29) is 0 Å². The summed E-state index contributed by atoms with van der Waals surface area (Å²) >= 11 is 0. The van der Waals surface area contributed by atoms with Crippen molar-refractivity contribution in [2.45, 2.75) is 17.8 Å². The van der Waals surface area contributed by atoms with Gasteiger partial charge in [0.05, 0.1) is 5.41 Å². The number of hydrogen-bond acceptors (Lipinski definition) is 1. The van der Waals surface area contributed by atoms with Crippen LogP contribution in [0.4, 0.5) is 0 Å². The van der Waals surface area contributed by atoms with Crippen LogP contribution in [0.5, 0.6) is 0 Å². The lowest BCUT2D eigenvalue weighted by atomic mass is 9.51. The van der Waals surface area contributed by atoms with E-state index in [1.807, 2.05) is 140 Å². The molecule has 1 atom stereocenters. The molecule has 0 heterocycles. The summed E-state index contributed by atoms with van der Waals surface area (Å²) < 4.78 is 0. The highest BCUT2D eigenvalue weighted by Gasteiger charge is 2.58. The van der Waals surface area contributed by atoms with Crippen LogP contribution in [-0.2, 0) is 15.6 Å². The maximum Gasteiger partial charge on any atom is 0.315 e. The molecule has 2 nitrogen and oxygen atoms in total. The maximum atomic E-state index is 13.6. The summed E-state index contributed by atoms with van der Waals surface area (Å²) in [7, 11) is 0. The van der Waals surface area contributed by atoms with Gasteiger partial charge in [-0.15, -0.1) is 0 Å². The molecular formula is C32H26O2. The number of fused-ring (bicyclic) bond motifs is 1. The van der Waals surface area contributed by atoms with Gasteiger partial charge in [-0.1, -0.05) is 133 Å². The Bertz CT molecular complexity index is 1320. The summed E-state index contributed by atoms with van der Waals surface area (Å²) in [5, 5.41) is 13.1. The summed E-state index contributed by atoms with van der Waals surface area (Å²) in [5.41, 5.74) is 1.26. The number of carboxylic acids is 1. The van der Waals surface area contributed by atoms with Gasteiger partial charge in [0, 0.05) is 0 Å². The van der Waals surface area contributed by atoms with E-state index in [9.17, 15) is 9.90 Å². The van der Waals surface area contributed by atoms with Crippen molar-refractivity contribution >= 4 is 16.7 Å². The van der Waals surface area contributed by atoms with Crippen LogP contribution in [0.25, 0.3) is 10.8 Å². The van der Waals surface area contributed by atoms with Crippen molar-refractivity contribution in [2.75, 3.05) is 0 Å². The summed E-state index contributed by atoms with van der Waals surface area (Å²) in [5.74, 6) is -0.875. The highest BCUT2D eigenvalue weighted by molar-refractivity contribution is 5.95. The quantitative estimate of drug-likeness (QED) is 0.282. The van der Waals surface area contributed by atoms with Gasteiger partial charge in [-0.2, -0.15) is 0 Å². The van der Waals surface area contributed by atoms with Gasteiger partial charge in [0.25, 0.3) is 0 Å². The Morgan fingerprint density at radius 1 is 0.559 bits per heavy atom. The van der Waals surface area contributed by atoms with E-state index in [4.69, 9.17) is 0 Å². The SMILES string of the molecule is CC(C(=O)O)(c1cccc2ccccc12)C(c1ccccc1)(c1ccccc1)c1ccccc1. The molecule has 0 amide bonds. The molecule has 34 heavy (non-hydrogen) atoms. The van der Waals surface area contributed by atoms with E-state index in [1.165, 1.54) is 0 Å². The summed E-state index contributed by atoms with van der Waals surface area (Å²) in [6, 6.07) is 44.1. The minimum absolute atomic E-state index is 0.787. The second kappa shape index (κ2) is 8.64. The number of carbonyl (C=O) groups is 1. The van der Waals surface area contributed by atoms with Gasteiger partial charge in [0.2, 0.25) is 0 Å². The van der Waals surface area contributed by atoms with E-state index >= 15 is 0 Å². The molecule has 0 aliphatic rings. The van der Waals surface area contributed by atoms with Crippen molar-refractivity contribution in [3.63, 3.8) is 0 Å². The highest BCUT2D eigenvalue weighted by atomic mass is 16.4. The molecule has 2 heteroatoms. The molecule has 0 fully saturated rings. The van der Waals surface area contributed by atoms with Crippen LogP contribution in [-0.4, -0.2) is 11.1 Å². The van der Waals surface area contributed by atoms with Crippen molar-refractivity contribution in [2.24, 2.45) is 0 Å². The Kier molecular flexibility index (Phi) is 5.51. The molecule has 166 valence electrons. The Labute approximate surface area is 200 Å². The smallest absolute Gasteiger partial charge is 0.315 e. The lowest BCUT2D eigenvalue weighted by Gasteiger charge is -2.48. The monoisotopic (exact) mass is 442 g/mol. The molecule has 0 saturated heterocycles. The minimum atomic E-state index is -1.34. The van der Waals surface area contributed by atoms with Crippen molar-refractivity contribution in [1.82, 2.24) is 0 Å². The number of rotatable bonds is 6. The molecule has 0 spiro atoms. The Hall–Kier alpha value is -4.17. The summed E-state index contributed by atoms with van der Waals surface area (Å²) in [6.07, 6.45) is 0. The van der Waals surface area contributed by atoms with Crippen LogP contribution in [0.3, 0.4) is 0 Å². The van der Waals surface area contributed by atoms with Crippen molar-refractivity contribution in [1.29, 1.82) is 0 Å². The van der Waals surface area contributed by atoms with E-state index < -0.39 is 16.8 Å². The molecule has 0 radical (unpaired) electrons. The Balaban J connectivity index is 2.01. The normalized spacial score (nSPS) is 13.3. The molecule has 0 aliphatic heterocycles. The molecular weight excluding hydrogens is 416 g/mol. The Morgan fingerprint density at radius 2 is 0.971 bits per heavy atom. The lowest BCUT2D eigenvalue weighted by molar-refractivity contribution is -0.145. The molecule has 1 unspecified atom stereocenters. The third-order valence-electron chi connectivity index (χ3n) is 7.13. The molecule has 1 N–H and O–H groups in total. The molecule has 5 rings (SSSR count). The van der Waals surface area contributed by atoms with Gasteiger partial charge in [0.1, 0.15) is 5.41 Å². The first-order chi connectivity index (χ1) is 16.6. The lowest BCUT2D eigenvalue weighted by Crippen LogP contribution is -2.54. The van der Waals surface area contributed by atoms with Gasteiger partial charge >= 0.3 is 5.97 Å². The first-order valence-corrected chi connectivity index (χ1v) is 11.5. The zero-order chi connectivity index (χ0) is 23.6. The van der Waals surface area contributed by atoms with E-state index in [2.05, 4.69) is 0 Å². The van der Waals surface area contributed by atoms with E-state index in [1.54, 1.807) is 0 Å². The van der Waals surface area contributed by atoms with Crippen LogP contribution in [0.2, 0.25) is 0 Å². The van der Waals surface area contributed by atoms with Crippen LogP contribution in [0, 0.1) is 0 Å². The predicted molar refractivity (Wildman–Crippen MR) is 138 cm³/mol. The van der Waals surface area contributed by atoms with Crippen LogP contribution in [0.1, 0.15) is 29.2 Å². The summed E-state index contributed by atoms with van der Waals surface area (Å²) in [4.78, 5) is 13.6. The standard InChI is InChI=1S/C32H26O2/c1-31(30(33)34,29-23-13-15-24-14-11-12-22-28(24)29)32(25-16-5-2-6-17-25,26-18-7-3-8-19-26)27-20-9-4-10-21-27/h2-23H,1H3,(H,33,34). The third-order valence-corrected chi connectivity index (χ3v) is 7.13. The van der Waals surface area contributed by atoms with Crippen molar-refractivity contribution in [3.05, 3.63) is 156 Å². The van der Waals surface area contributed by atoms with Gasteiger partial charge in [-0.05, 0) is 39.9 Å². The van der Waals surface area contributed by atoms with Gasteiger partial charge in [0.15, 0.2) is 0 Å². The van der Waals surface area contributed by atoms with E-state index in [0.29, 0.717) is 0 Å². The predicted octanol–water partition coefficient (Wildman–Crippen LogP) is 7.22. The minimum Gasteiger partial charge on any atom is -0.481 e. The topological polar surface area (TPSA) is 37.3 Å². The second-order valence-corrected chi connectivity index (χ2v) is 8.80. The fraction of sp³-hybridized carbons (Fsp3) is 0.0938. The summed E-state index contributed by atoms with van der Waals surface area (Å²) in [6.45, 7) is 1.88. The molecule has 0 saturated carbocycles. The molecule has 0 bridgehead atoms. The van der Waals surface area contributed by atoms with Crippen molar-refractivity contribution in [3.8, 4) is 0 Å². The third kappa shape index (κ3) is 3.14. The molecule has 5 aromatic carbocycles. The average molecular weight is 443 g/mol. The van der Waals surface area contributed by atoms with E-state index in [0.717, 1.165) is 33.0 Å². The number of aliphatic carboxylic acids is 1. The van der Waals surface area contributed by atoms with Gasteiger partial charge in [-0.25, -0.2) is 0 Å². The zero-order valence-corrected chi connectivity index (χ0v) is 19.1. The first-order valence-electron chi connectivity index (χ1n) is 11.5. The molecule has 0 aromatic heterocycles.